The van der Waals surface area contributed by atoms with Gasteiger partial charge < -0.3 is 9.80 Å². The smallest absolute Gasteiger partial charge is 0.264 e. The topological polar surface area (TPSA) is 40.6 Å². The Bertz CT molecular complexity index is 593. The lowest BCUT2D eigenvalue weighted by molar-refractivity contribution is -0.140. The van der Waals surface area contributed by atoms with Crippen LogP contribution in [0, 0.1) is 5.41 Å². The summed E-state index contributed by atoms with van der Waals surface area (Å²) < 4.78 is 0. The molecule has 1 fully saturated rings. The third-order valence-electron chi connectivity index (χ3n) is 4.46. The normalized spacial score (nSPS) is 15.7. The Hall–Kier alpha value is -1.36. The van der Waals surface area contributed by atoms with E-state index in [0.717, 1.165) is 24.1 Å². The van der Waals surface area contributed by atoms with Crippen LogP contribution in [-0.4, -0.2) is 47.8 Å². The van der Waals surface area contributed by atoms with Gasteiger partial charge in [-0.15, -0.1) is 11.3 Å². The van der Waals surface area contributed by atoms with E-state index in [1.54, 1.807) is 11.3 Å². The molecule has 0 spiro atoms. The van der Waals surface area contributed by atoms with Crippen LogP contribution in [0.5, 0.6) is 0 Å². The molecule has 0 radical (unpaired) electrons. The van der Waals surface area contributed by atoms with Gasteiger partial charge in [-0.25, -0.2) is 0 Å². The molecule has 4 nitrogen and oxygen atoms in total. The van der Waals surface area contributed by atoms with Gasteiger partial charge in [0.2, 0.25) is 5.91 Å². The molecule has 0 atom stereocenters. The fourth-order valence-corrected chi connectivity index (χ4v) is 4.38. The van der Waals surface area contributed by atoms with Gasteiger partial charge >= 0.3 is 0 Å². The molecule has 24 heavy (non-hydrogen) atoms. The third kappa shape index (κ3) is 4.18. The molecule has 134 valence electrons. The van der Waals surface area contributed by atoms with Crippen molar-refractivity contribution in [3.8, 4) is 0 Å². The summed E-state index contributed by atoms with van der Waals surface area (Å²) >= 11 is 1.65. The summed E-state index contributed by atoms with van der Waals surface area (Å²) in [6.45, 7) is 12.7. The highest BCUT2D eigenvalue weighted by Gasteiger charge is 2.31. The van der Waals surface area contributed by atoms with E-state index in [0.29, 0.717) is 26.2 Å². The Morgan fingerprint density at radius 3 is 2.17 bits per heavy atom. The first-order chi connectivity index (χ1) is 11.3. The predicted octanol–water partition coefficient (Wildman–Crippen LogP) is 3.59. The van der Waals surface area contributed by atoms with Gasteiger partial charge in [-0.05, 0) is 24.5 Å². The monoisotopic (exact) mass is 350 g/mol. The zero-order valence-electron chi connectivity index (χ0n) is 15.6. The fraction of sp³-hybridized carbons (Fsp3) is 0.684. The highest BCUT2D eigenvalue weighted by Crippen LogP contribution is 2.26. The van der Waals surface area contributed by atoms with Crippen molar-refractivity contribution in [1.29, 1.82) is 0 Å². The lowest BCUT2D eigenvalue weighted by Crippen LogP contribution is -2.52. The first-order valence-corrected chi connectivity index (χ1v) is 9.79. The van der Waals surface area contributed by atoms with E-state index in [1.807, 2.05) is 30.6 Å². The maximum atomic E-state index is 12.8. The number of hydrogen-bond acceptors (Lipinski definition) is 3. The molecule has 5 heteroatoms. The fourth-order valence-electron chi connectivity index (χ4n) is 3.05. The van der Waals surface area contributed by atoms with Gasteiger partial charge in [0.15, 0.2) is 0 Å². The van der Waals surface area contributed by atoms with E-state index in [9.17, 15) is 9.59 Å². The van der Waals surface area contributed by atoms with Gasteiger partial charge in [0.1, 0.15) is 0 Å². The molecule has 1 aliphatic heterocycles. The van der Waals surface area contributed by atoms with Crippen molar-refractivity contribution in [2.24, 2.45) is 5.41 Å². The van der Waals surface area contributed by atoms with E-state index in [4.69, 9.17) is 0 Å². The number of carbonyl (C=O) groups excluding carboxylic acids is 2. The van der Waals surface area contributed by atoms with Gasteiger partial charge in [-0.1, -0.05) is 41.0 Å². The summed E-state index contributed by atoms with van der Waals surface area (Å²) in [5, 5.41) is 0. The second-order valence-corrected chi connectivity index (χ2v) is 8.63. The predicted molar refractivity (Wildman–Crippen MR) is 99.6 cm³/mol. The average molecular weight is 351 g/mol. The van der Waals surface area contributed by atoms with Crippen LogP contribution < -0.4 is 0 Å². The second-order valence-electron chi connectivity index (χ2n) is 7.50. The molecular weight excluding hydrogens is 320 g/mol. The van der Waals surface area contributed by atoms with Crippen molar-refractivity contribution < 1.29 is 9.59 Å². The molecule has 1 aromatic rings. The maximum Gasteiger partial charge on any atom is 0.264 e. The van der Waals surface area contributed by atoms with E-state index in [1.165, 1.54) is 10.4 Å². The number of rotatable bonds is 4. The summed E-state index contributed by atoms with van der Waals surface area (Å²) in [5.41, 5.74) is 0.956. The first kappa shape index (κ1) is 19.0. The molecule has 2 amide bonds. The lowest BCUT2D eigenvalue weighted by atomic mass is 9.94. The number of thiophene rings is 1. The summed E-state index contributed by atoms with van der Waals surface area (Å²) in [6, 6.07) is 2.07. The van der Waals surface area contributed by atoms with Crippen LogP contribution in [0.15, 0.2) is 6.07 Å². The highest BCUT2D eigenvalue weighted by atomic mass is 32.1. The largest absolute Gasteiger partial charge is 0.339 e. The summed E-state index contributed by atoms with van der Waals surface area (Å²) in [4.78, 5) is 31.1. The van der Waals surface area contributed by atoms with Crippen molar-refractivity contribution >= 4 is 23.2 Å². The number of amides is 2. The average Bonchev–Trinajstić information content (AvgIpc) is 2.96. The minimum atomic E-state index is -0.356. The third-order valence-corrected chi connectivity index (χ3v) is 5.69. The maximum absolute atomic E-state index is 12.8. The molecule has 0 saturated carbocycles. The molecule has 2 rings (SSSR count). The molecule has 1 saturated heterocycles. The quantitative estimate of drug-likeness (QED) is 0.832. The van der Waals surface area contributed by atoms with Gasteiger partial charge in [-0.3, -0.25) is 9.59 Å². The zero-order chi connectivity index (χ0) is 17.9. The van der Waals surface area contributed by atoms with Crippen molar-refractivity contribution in [3.05, 3.63) is 21.4 Å². The number of hydrogen-bond donors (Lipinski definition) is 0. The SMILES string of the molecule is CCCc1sc(C(=O)N2CCN(C(=O)C(C)(C)C)CC2)cc1CC. The van der Waals surface area contributed by atoms with Gasteiger partial charge in [0.05, 0.1) is 4.88 Å². The van der Waals surface area contributed by atoms with Crippen molar-refractivity contribution in [1.82, 2.24) is 9.80 Å². The minimum absolute atomic E-state index is 0.125. The highest BCUT2D eigenvalue weighted by molar-refractivity contribution is 7.14. The minimum Gasteiger partial charge on any atom is -0.339 e. The van der Waals surface area contributed by atoms with Crippen molar-refractivity contribution in [2.75, 3.05) is 26.2 Å². The Balaban J connectivity index is 2.01. The van der Waals surface area contributed by atoms with Gasteiger partial charge in [0.25, 0.3) is 5.91 Å². The molecule has 0 unspecified atom stereocenters. The van der Waals surface area contributed by atoms with Crippen LogP contribution in [0.3, 0.4) is 0 Å². The summed E-state index contributed by atoms with van der Waals surface area (Å²) in [6.07, 6.45) is 3.14. The van der Waals surface area contributed by atoms with Gasteiger partial charge in [0, 0.05) is 36.5 Å². The summed E-state index contributed by atoms with van der Waals surface area (Å²) in [7, 11) is 0. The Labute approximate surface area is 149 Å². The van der Waals surface area contributed by atoms with E-state index >= 15 is 0 Å². The van der Waals surface area contributed by atoms with E-state index < -0.39 is 0 Å². The van der Waals surface area contributed by atoms with Crippen LogP contribution in [0.25, 0.3) is 0 Å². The van der Waals surface area contributed by atoms with Crippen molar-refractivity contribution in [3.63, 3.8) is 0 Å². The number of aryl methyl sites for hydroxylation is 2. The lowest BCUT2D eigenvalue weighted by Gasteiger charge is -2.37. The molecule has 0 aromatic carbocycles. The first-order valence-electron chi connectivity index (χ1n) is 8.98. The van der Waals surface area contributed by atoms with Gasteiger partial charge in [-0.2, -0.15) is 0 Å². The van der Waals surface area contributed by atoms with Crippen molar-refractivity contribution in [2.45, 2.75) is 53.9 Å². The van der Waals surface area contributed by atoms with Crippen LogP contribution in [0.1, 0.15) is 61.2 Å². The standard InChI is InChI=1S/C19H30N2O2S/c1-6-8-15-14(7-2)13-16(24-15)17(22)20-9-11-21(12-10-20)18(23)19(3,4)5/h13H,6-12H2,1-5H3. The Morgan fingerprint density at radius 1 is 1.08 bits per heavy atom. The molecule has 0 bridgehead atoms. The van der Waals surface area contributed by atoms with E-state index in [-0.39, 0.29) is 17.2 Å². The molecule has 1 aromatic heterocycles. The number of piperazine rings is 1. The molecule has 1 aliphatic rings. The Morgan fingerprint density at radius 2 is 1.67 bits per heavy atom. The molecular formula is C19H30N2O2S. The van der Waals surface area contributed by atoms with Crippen LogP contribution >= 0.6 is 11.3 Å². The molecule has 0 aliphatic carbocycles. The molecule has 0 N–H and O–H groups in total. The van der Waals surface area contributed by atoms with Crippen LogP contribution in [0.4, 0.5) is 0 Å². The zero-order valence-corrected chi connectivity index (χ0v) is 16.5. The number of nitrogens with zero attached hydrogens (tertiary/aromatic N) is 2. The summed E-state index contributed by atoms with van der Waals surface area (Å²) in [5.74, 6) is 0.295. The second kappa shape index (κ2) is 7.68. The molecule has 2 heterocycles. The Kier molecular flexibility index (Phi) is 6.07. The van der Waals surface area contributed by atoms with E-state index in [2.05, 4.69) is 19.9 Å². The number of carbonyl (C=O) groups is 2. The van der Waals surface area contributed by atoms with Crippen LogP contribution in [-0.2, 0) is 17.6 Å². The van der Waals surface area contributed by atoms with Crippen LogP contribution in [0.2, 0.25) is 0 Å².